The number of aromatic nitrogens is 1. The van der Waals surface area contributed by atoms with Gasteiger partial charge in [0, 0.05) is 6.20 Å². The van der Waals surface area contributed by atoms with Gasteiger partial charge in [-0.3, -0.25) is 9.71 Å². The lowest BCUT2D eigenvalue weighted by Crippen LogP contribution is -2.15. The zero-order chi connectivity index (χ0) is 16.0. The summed E-state index contributed by atoms with van der Waals surface area (Å²) in [7, 11) is -3.72. The number of unbranched alkanes of at least 4 members (excludes halogenated alkanes) is 1. The number of nitrogens with one attached hydrogen (secondary N) is 1. The molecule has 2 aromatic rings. The molecule has 118 valence electrons. The smallest absolute Gasteiger partial charge is 0.265 e. The van der Waals surface area contributed by atoms with E-state index in [0.717, 1.165) is 18.4 Å². The first-order valence-corrected chi connectivity index (χ1v) is 8.67. The summed E-state index contributed by atoms with van der Waals surface area (Å²) in [6.07, 6.45) is 4.92. The van der Waals surface area contributed by atoms with Crippen LogP contribution in [0.3, 0.4) is 0 Å². The fourth-order valence-electron chi connectivity index (χ4n) is 1.90. The monoisotopic (exact) mass is 320 g/mol. The molecule has 1 heterocycles. The van der Waals surface area contributed by atoms with Crippen LogP contribution in [0.2, 0.25) is 0 Å². The SMILES string of the molecule is CCCCOc1ccc(C)cc1S(=O)(=O)Nc1cccnc1. The fraction of sp³-hybridized carbons (Fsp3) is 0.312. The van der Waals surface area contributed by atoms with Crippen molar-refractivity contribution in [3.8, 4) is 5.75 Å². The van der Waals surface area contributed by atoms with Gasteiger partial charge in [-0.15, -0.1) is 0 Å². The van der Waals surface area contributed by atoms with E-state index in [2.05, 4.69) is 16.6 Å². The largest absolute Gasteiger partial charge is 0.492 e. The van der Waals surface area contributed by atoms with Gasteiger partial charge >= 0.3 is 0 Å². The summed E-state index contributed by atoms with van der Waals surface area (Å²) in [5, 5.41) is 0. The van der Waals surface area contributed by atoms with E-state index in [-0.39, 0.29) is 4.90 Å². The van der Waals surface area contributed by atoms with Gasteiger partial charge in [0.25, 0.3) is 10.0 Å². The topological polar surface area (TPSA) is 68.3 Å². The van der Waals surface area contributed by atoms with Crippen LogP contribution in [-0.4, -0.2) is 20.0 Å². The van der Waals surface area contributed by atoms with Gasteiger partial charge in [-0.1, -0.05) is 19.4 Å². The van der Waals surface area contributed by atoms with Gasteiger partial charge < -0.3 is 4.74 Å². The van der Waals surface area contributed by atoms with E-state index in [9.17, 15) is 8.42 Å². The number of benzene rings is 1. The molecule has 0 atom stereocenters. The van der Waals surface area contributed by atoms with Gasteiger partial charge in [0.15, 0.2) is 0 Å². The molecule has 0 bridgehead atoms. The van der Waals surface area contributed by atoms with Crippen LogP contribution >= 0.6 is 0 Å². The van der Waals surface area contributed by atoms with E-state index >= 15 is 0 Å². The summed E-state index contributed by atoms with van der Waals surface area (Å²) < 4.78 is 33.3. The Kier molecular flexibility index (Phi) is 5.38. The third kappa shape index (κ3) is 4.21. The van der Waals surface area contributed by atoms with Crippen LogP contribution in [0.5, 0.6) is 5.75 Å². The molecule has 0 radical (unpaired) electrons. The van der Waals surface area contributed by atoms with Crippen molar-refractivity contribution < 1.29 is 13.2 Å². The average molecular weight is 320 g/mol. The molecule has 0 aliphatic rings. The van der Waals surface area contributed by atoms with E-state index in [4.69, 9.17) is 4.74 Å². The van der Waals surface area contributed by atoms with Crippen molar-refractivity contribution >= 4 is 15.7 Å². The molecule has 0 saturated heterocycles. The molecule has 0 aliphatic carbocycles. The molecule has 0 spiro atoms. The van der Waals surface area contributed by atoms with Crippen molar-refractivity contribution in [1.29, 1.82) is 0 Å². The molecule has 0 saturated carbocycles. The summed E-state index contributed by atoms with van der Waals surface area (Å²) in [6.45, 7) is 4.40. The second-order valence-electron chi connectivity index (χ2n) is 5.00. The summed E-state index contributed by atoms with van der Waals surface area (Å²) in [6, 6.07) is 8.47. The van der Waals surface area contributed by atoms with E-state index in [1.54, 1.807) is 30.5 Å². The van der Waals surface area contributed by atoms with Gasteiger partial charge in [-0.05, 0) is 43.2 Å². The molecule has 22 heavy (non-hydrogen) atoms. The number of nitrogens with zero attached hydrogens (tertiary/aromatic N) is 1. The van der Waals surface area contributed by atoms with Crippen molar-refractivity contribution in [2.45, 2.75) is 31.6 Å². The minimum absolute atomic E-state index is 0.146. The summed E-state index contributed by atoms with van der Waals surface area (Å²) in [5.74, 6) is 0.371. The van der Waals surface area contributed by atoms with Crippen LogP contribution < -0.4 is 9.46 Å². The number of anilines is 1. The summed E-state index contributed by atoms with van der Waals surface area (Å²) in [5.41, 5.74) is 1.28. The standard InChI is InChI=1S/C16H20N2O3S/c1-3-4-10-21-15-8-7-13(2)11-16(15)22(19,20)18-14-6-5-9-17-12-14/h5-9,11-12,18H,3-4,10H2,1-2H3. The Morgan fingerprint density at radius 1 is 1.27 bits per heavy atom. The number of hydrogen-bond acceptors (Lipinski definition) is 4. The Labute approximate surface area is 131 Å². The molecular weight excluding hydrogens is 300 g/mol. The predicted octanol–water partition coefficient (Wildman–Crippen LogP) is 3.37. The highest BCUT2D eigenvalue weighted by Crippen LogP contribution is 2.27. The quantitative estimate of drug-likeness (QED) is 0.794. The van der Waals surface area contributed by atoms with Crippen LogP contribution in [0.25, 0.3) is 0 Å². The third-order valence-corrected chi connectivity index (χ3v) is 4.46. The number of sulfonamides is 1. The zero-order valence-corrected chi connectivity index (χ0v) is 13.6. The van der Waals surface area contributed by atoms with Crippen molar-refractivity contribution in [2.24, 2.45) is 0 Å². The van der Waals surface area contributed by atoms with Crippen molar-refractivity contribution in [3.05, 3.63) is 48.3 Å². The predicted molar refractivity (Wildman–Crippen MR) is 86.6 cm³/mol. The molecule has 0 fully saturated rings. The van der Waals surface area contributed by atoms with Gasteiger partial charge in [0.1, 0.15) is 10.6 Å². The van der Waals surface area contributed by atoms with Crippen molar-refractivity contribution in [3.63, 3.8) is 0 Å². The molecule has 0 unspecified atom stereocenters. The Balaban J connectivity index is 2.30. The molecule has 1 aromatic carbocycles. The molecule has 1 N–H and O–H groups in total. The second-order valence-corrected chi connectivity index (χ2v) is 6.65. The first-order valence-electron chi connectivity index (χ1n) is 7.19. The van der Waals surface area contributed by atoms with Gasteiger partial charge in [-0.2, -0.15) is 0 Å². The van der Waals surface area contributed by atoms with Gasteiger partial charge in [-0.25, -0.2) is 8.42 Å². The summed E-state index contributed by atoms with van der Waals surface area (Å²) >= 11 is 0. The third-order valence-electron chi connectivity index (χ3n) is 3.06. The highest BCUT2D eigenvalue weighted by atomic mass is 32.2. The number of hydrogen-bond donors (Lipinski definition) is 1. The van der Waals surface area contributed by atoms with Crippen LogP contribution in [-0.2, 0) is 10.0 Å². The van der Waals surface area contributed by atoms with Crippen LogP contribution in [0, 0.1) is 6.92 Å². The normalized spacial score (nSPS) is 11.2. The van der Waals surface area contributed by atoms with E-state index in [1.807, 2.05) is 13.0 Å². The van der Waals surface area contributed by atoms with Gasteiger partial charge in [0.2, 0.25) is 0 Å². The highest BCUT2D eigenvalue weighted by Gasteiger charge is 2.20. The van der Waals surface area contributed by atoms with Crippen LogP contribution in [0.4, 0.5) is 5.69 Å². The number of pyridine rings is 1. The number of aryl methyl sites for hydroxylation is 1. The Morgan fingerprint density at radius 2 is 2.09 bits per heavy atom. The first-order chi connectivity index (χ1) is 10.5. The van der Waals surface area contributed by atoms with Gasteiger partial charge in [0.05, 0.1) is 18.5 Å². The van der Waals surface area contributed by atoms with E-state index in [0.29, 0.717) is 18.0 Å². The minimum Gasteiger partial charge on any atom is -0.492 e. The maximum Gasteiger partial charge on any atom is 0.265 e. The van der Waals surface area contributed by atoms with Crippen LogP contribution in [0.15, 0.2) is 47.6 Å². The molecular formula is C16H20N2O3S. The molecule has 6 heteroatoms. The van der Waals surface area contributed by atoms with E-state index in [1.165, 1.54) is 6.20 Å². The molecule has 1 aromatic heterocycles. The molecule has 5 nitrogen and oxygen atoms in total. The van der Waals surface area contributed by atoms with Crippen molar-refractivity contribution in [2.75, 3.05) is 11.3 Å². The number of rotatable bonds is 7. The van der Waals surface area contributed by atoms with Crippen LogP contribution in [0.1, 0.15) is 25.3 Å². The maximum absolute atomic E-state index is 12.6. The molecule has 0 amide bonds. The van der Waals surface area contributed by atoms with Crippen molar-refractivity contribution in [1.82, 2.24) is 4.98 Å². The van der Waals surface area contributed by atoms with E-state index < -0.39 is 10.0 Å². The zero-order valence-electron chi connectivity index (χ0n) is 12.7. The molecule has 2 rings (SSSR count). The fourth-order valence-corrected chi connectivity index (χ4v) is 3.18. The first kappa shape index (κ1) is 16.3. The summed E-state index contributed by atoms with van der Waals surface area (Å²) in [4.78, 5) is 4.05. The Morgan fingerprint density at radius 3 is 2.77 bits per heavy atom. The Bertz CT molecular complexity index is 715. The lowest BCUT2D eigenvalue weighted by molar-refractivity contribution is 0.301. The number of ether oxygens (including phenoxy) is 1. The highest BCUT2D eigenvalue weighted by molar-refractivity contribution is 7.92. The minimum atomic E-state index is -3.72. The Hall–Kier alpha value is -2.08. The second kappa shape index (κ2) is 7.26. The maximum atomic E-state index is 12.6. The average Bonchev–Trinajstić information content (AvgIpc) is 2.49. The lowest BCUT2D eigenvalue weighted by Gasteiger charge is -2.14. The lowest BCUT2D eigenvalue weighted by atomic mass is 10.2. The molecule has 0 aliphatic heterocycles.